The Bertz CT molecular complexity index is 3200. The summed E-state index contributed by atoms with van der Waals surface area (Å²) >= 11 is 0. The third kappa shape index (κ3) is 48.0. The number of hydrogen-bond acceptors (Lipinski definition) is 42. The van der Waals surface area contributed by atoms with Gasteiger partial charge in [0.2, 0.25) is 5.91 Å². The number of nitrogens with zero attached hydrogens (tertiary/aromatic N) is 9. The van der Waals surface area contributed by atoms with Crippen molar-refractivity contribution >= 4 is 34.8 Å². The van der Waals surface area contributed by atoms with E-state index in [4.69, 9.17) is 85.3 Å². The quantitative estimate of drug-likeness (QED) is 0.0253. The van der Waals surface area contributed by atoms with Crippen LogP contribution in [0.4, 0.5) is 0 Å². The Morgan fingerprint density at radius 1 is 0.323 bits per heavy atom. The van der Waals surface area contributed by atoms with Gasteiger partial charge in [-0.15, -0.1) is 15.3 Å². The second kappa shape index (κ2) is 69.8. The summed E-state index contributed by atoms with van der Waals surface area (Å²) in [6, 6.07) is 0. The van der Waals surface area contributed by atoms with Crippen molar-refractivity contribution in [3.63, 3.8) is 0 Å². The highest BCUT2D eigenvalue weighted by molar-refractivity contribution is 5.80. The summed E-state index contributed by atoms with van der Waals surface area (Å²) in [6.07, 6.45) is -5.28. The summed E-state index contributed by atoms with van der Waals surface area (Å²) in [5, 5.41) is 145. The summed E-state index contributed by atoms with van der Waals surface area (Å²) < 4.78 is 106. The molecule has 3 aliphatic heterocycles. The van der Waals surface area contributed by atoms with Gasteiger partial charge in [-0.3, -0.25) is 28.8 Å². The lowest BCUT2D eigenvalue weighted by Crippen LogP contribution is -2.59. The van der Waals surface area contributed by atoms with Crippen LogP contribution in [0.2, 0.25) is 0 Å². The third-order valence-corrected chi connectivity index (χ3v) is 22.4. The number of aromatic nitrogens is 9. The van der Waals surface area contributed by atoms with E-state index >= 15 is 0 Å². The third-order valence-electron chi connectivity index (χ3n) is 22.4. The van der Waals surface area contributed by atoms with Crippen LogP contribution in [0.1, 0.15) is 153 Å². The maximum atomic E-state index is 13.1. The Labute approximate surface area is 776 Å². The zero-order valence-corrected chi connectivity index (χ0v) is 77.3. The normalized spacial score (nSPS) is 22.7. The van der Waals surface area contributed by atoms with Crippen LogP contribution in [0.25, 0.3) is 0 Å². The van der Waals surface area contributed by atoms with Gasteiger partial charge in [0.05, 0.1) is 235 Å². The molecule has 3 aromatic rings. The predicted molar refractivity (Wildman–Crippen MR) is 463 cm³/mol. The molecule has 3 saturated heterocycles. The number of aliphatic hydroxyl groups is 12. The van der Waals surface area contributed by atoms with E-state index in [1.807, 2.05) is 13.8 Å². The van der Waals surface area contributed by atoms with Crippen LogP contribution in [-0.2, 0) is 153 Å². The van der Waals surface area contributed by atoms with Crippen molar-refractivity contribution in [1.29, 1.82) is 0 Å². The number of amides is 1. The molecule has 0 aliphatic carbocycles. The van der Waals surface area contributed by atoms with Crippen molar-refractivity contribution in [1.82, 2.24) is 50.3 Å². The number of rotatable bonds is 84. The Balaban J connectivity index is 0.792. The molecule has 6 rings (SSSR count). The zero-order valence-electron chi connectivity index (χ0n) is 77.3. The number of carbonyl (C=O) groups excluding carboxylic acids is 6. The second-order valence-corrected chi connectivity index (χ2v) is 33.2. The minimum atomic E-state index is -1.52. The molecule has 133 heavy (non-hydrogen) atoms. The smallest absolute Gasteiger partial charge is 0.222 e. The fourth-order valence-corrected chi connectivity index (χ4v) is 13.9. The van der Waals surface area contributed by atoms with Gasteiger partial charge >= 0.3 is 0 Å². The fourth-order valence-electron chi connectivity index (χ4n) is 13.9. The summed E-state index contributed by atoms with van der Waals surface area (Å²) in [5.74, 6) is 0.0706. The van der Waals surface area contributed by atoms with Gasteiger partial charge in [-0.2, -0.15) is 0 Å². The number of ketones is 5. The lowest BCUT2D eigenvalue weighted by Gasteiger charge is -2.39. The van der Waals surface area contributed by atoms with Gasteiger partial charge < -0.3 is 152 Å². The first kappa shape index (κ1) is 116. The minimum absolute atomic E-state index is 0.0314. The largest absolute Gasteiger partial charge is 0.394 e. The molecule has 46 heteroatoms. The number of aliphatic hydroxyl groups excluding tert-OH is 12. The van der Waals surface area contributed by atoms with E-state index in [0.29, 0.717) is 245 Å². The molecule has 0 saturated carbocycles. The molecule has 0 radical (unpaired) electrons. The summed E-state index contributed by atoms with van der Waals surface area (Å²) in [6.45, 7) is 10.4. The molecule has 0 bridgehead atoms. The number of nitrogens with one attached hydrogen (secondary N) is 1. The Morgan fingerprint density at radius 3 is 0.872 bits per heavy atom. The van der Waals surface area contributed by atoms with E-state index in [2.05, 4.69) is 36.3 Å². The van der Waals surface area contributed by atoms with Gasteiger partial charge in [-0.1, -0.05) is 42.3 Å². The zero-order chi connectivity index (χ0) is 96.1. The van der Waals surface area contributed by atoms with Crippen LogP contribution < -0.4 is 5.32 Å². The fraction of sp³-hybridized carbons (Fsp3) is 0.862. The lowest BCUT2D eigenvalue weighted by atomic mass is 9.79. The van der Waals surface area contributed by atoms with Crippen molar-refractivity contribution < 1.29 is 175 Å². The average molecular weight is 1910 g/mol. The van der Waals surface area contributed by atoms with Crippen LogP contribution in [0.15, 0.2) is 18.6 Å². The predicted octanol–water partition coefficient (Wildman–Crippen LogP) is -2.85. The van der Waals surface area contributed by atoms with Gasteiger partial charge in [0.1, 0.15) is 102 Å². The van der Waals surface area contributed by atoms with Crippen LogP contribution in [0.5, 0.6) is 0 Å². The molecule has 0 aromatic carbocycles. The van der Waals surface area contributed by atoms with E-state index in [1.165, 1.54) is 0 Å². The SMILES string of the molecule is CC(C)C(COCCC(=O)CCCCCC(=O)CCc1cn(CCOCCOCCOCCO[C@H]2OC(CO)[C@@H](O)[C@H](O)C2O)nn1)(COCCC(=O)CCCCCC(=O)CCc1cn(CCOCCOCCOCCO[C@H]2OC(CO)[C@@H](O)[C@H](O)C2O)nn1)COCCC(=O)NCCCCC(=O)CCc1cn(CCOCCOCCOCCO[C@H]2OC(CO)[C@@H](O)[C@H](O)C2O)nn1. The molecule has 0 spiro atoms. The van der Waals surface area contributed by atoms with Gasteiger partial charge in [0.15, 0.2) is 18.9 Å². The lowest BCUT2D eigenvalue weighted by molar-refractivity contribution is -0.302. The first-order valence-corrected chi connectivity index (χ1v) is 46.7. The Hall–Kier alpha value is -5.96. The number of ether oxygens (including phenoxy) is 18. The van der Waals surface area contributed by atoms with E-state index in [-0.39, 0.29) is 159 Å². The first-order valence-electron chi connectivity index (χ1n) is 46.7. The minimum Gasteiger partial charge on any atom is -0.394 e. The molecule has 15 atom stereocenters. The Morgan fingerprint density at radius 2 is 0.586 bits per heavy atom. The highest BCUT2D eigenvalue weighted by Gasteiger charge is 2.47. The summed E-state index contributed by atoms with van der Waals surface area (Å²) in [7, 11) is 0. The van der Waals surface area contributed by atoms with E-state index in [0.717, 1.165) is 0 Å². The highest BCUT2D eigenvalue weighted by Crippen LogP contribution is 2.31. The van der Waals surface area contributed by atoms with E-state index in [9.17, 15) is 90.0 Å². The molecule has 764 valence electrons. The topological polar surface area (TPSA) is 615 Å². The van der Waals surface area contributed by atoms with Crippen molar-refractivity contribution in [2.24, 2.45) is 11.3 Å². The van der Waals surface area contributed by atoms with E-state index < -0.39 is 117 Å². The van der Waals surface area contributed by atoms with Gasteiger partial charge in [0.25, 0.3) is 0 Å². The van der Waals surface area contributed by atoms with Crippen LogP contribution in [0, 0.1) is 11.3 Å². The van der Waals surface area contributed by atoms with E-state index in [1.54, 1.807) is 32.6 Å². The molecule has 46 nitrogen and oxygen atoms in total. The molecule has 3 aliphatic rings. The highest BCUT2D eigenvalue weighted by atomic mass is 16.7. The van der Waals surface area contributed by atoms with Gasteiger partial charge in [-0.25, -0.2) is 14.0 Å². The molecular formula is C87H150N10O36. The van der Waals surface area contributed by atoms with Crippen molar-refractivity contribution in [3.8, 4) is 0 Å². The molecule has 6 unspecified atom stereocenters. The van der Waals surface area contributed by atoms with Crippen LogP contribution in [-0.4, -0.2) is 438 Å². The Kier molecular flexibility index (Phi) is 60.7. The van der Waals surface area contributed by atoms with Crippen molar-refractivity contribution in [2.75, 3.05) is 205 Å². The monoisotopic (exact) mass is 1910 g/mol. The molecule has 3 aromatic heterocycles. The second-order valence-electron chi connectivity index (χ2n) is 33.2. The summed E-state index contributed by atoms with van der Waals surface area (Å²) in [5.41, 5.74) is 1.35. The maximum absolute atomic E-state index is 13.1. The summed E-state index contributed by atoms with van der Waals surface area (Å²) in [4.78, 5) is 77.7. The number of hydrogen-bond donors (Lipinski definition) is 13. The van der Waals surface area contributed by atoms with Crippen molar-refractivity contribution in [3.05, 3.63) is 35.7 Å². The van der Waals surface area contributed by atoms with Gasteiger partial charge in [-0.05, 0) is 63.7 Å². The van der Waals surface area contributed by atoms with Crippen LogP contribution >= 0.6 is 0 Å². The number of unbranched alkanes of at least 4 members (excludes halogenated alkanes) is 5. The van der Waals surface area contributed by atoms with Gasteiger partial charge in [0, 0.05) is 101 Å². The number of aryl methyl sites for hydroxylation is 3. The van der Waals surface area contributed by atoms with Crippen molar-refractivity contribution in [2.45, 2.75) is 267 Å². The standard InChI is InChI=1S/C87H150N10O36/c1-62(2)87(59-125-29-22-69(104)13-7-3-5-11-66(101)19-16-63-53-95(92-89-63)26-32-116-35-38-119-41-44-122-47-50-128-84-81(113)78(110)75(107)71(56-98)131-84,60-126-30-23-70(105)14-8-4-6-12-67(102)20-17-64-54-96(93-90-64)27-33-117-36-39-120-42-45-123-48-51-129-85-82(114)79(111)76(108)72(57-99)132-85)61-127-31-24-74(106)88-25-10-9-15-68(103)21-18-65-55-97(94-91-65)28-34-118-37-40-121-43-46-124-49-52-130-86-83(115)80(112)77(109)73(58-100)133-86/h53-55,62,71-73,75-86,98-100,107-115H,3-52,56-61H2,1-2H3,(H,88,106)/t71?,72?,73?,75-,76-,77-,78+,79+,80+,81?,82?,83?,84+,85+,86+,87?/m1/s1. The number of Topliss-reactive ketones (excluding diaryl/α,β-unsaturated/α-hetero) is 5. The molecule has 6 heterocycles. The molecule has 13 N–H and O–H groups in total. The number of carbonyl (C=O) groups is 6. The average Bonchev–Trinajstić information content (AvgIpc) is 1.22. The first-order chi connectivity index (χ1) is 64.4. The van der Waals surface area contributed by atoms with Crippen LogP contribution in [0.3, 0.4) is 0 Å². The maximum Gasteiger partial charge on any atom is 0.222 e. The molecule has 3 fully saturated rings. The molecule has 1 amide bonds. The molecular weight excluding hydrogens is 1760 g/mol.